The molecule has 1 N–H and O–H groups in total. The molecule has 0 spiro atoms. The smallest absolute Gasteiger partial charge is 0.119 e. The van der Waals surface area contributed by atoms with Crippen LogP contribution in [0.15, 0.2) is 54.6 Å². The van der Waals surface area contributed by atoms with Crippen LogP contribution in [0.4, 0.5) is 0 Å². The molecule has 2 aromatic carbocycles. The van der Waals surface area contributed by atoms with Gasteiger partial charge in [-0.1, -0.05) is 63.2 Å². The van der Waals surface area contributed by atoms with Gasteiger partial charge < -0.3 is 9.84 Å². The predicted molar refractivity (Wildman–Crippen MR) is 135 cm³/mol. The number of likely N-dealkylation sites (N-methyl/N-ethyl adjacent to an activating group) is 1. The van der Waals surface area contributed by atoms with Crippen LogP contribution >= 0.6 is 0 Å². The molecule has 2 aromatic rings. The summed E-state index contributed by atoms with van der Waals surface area (Å²) in [6, 6.07) is 19.0. The maximum Gasteiger partial charge on any atom is 0.119 e. The first-order valence-electron chi connectivity index (χ1n) is 13.1. The number of nitrogens with zero attached hydrogens (tertiary/aromatic N) is 1. The summed E-state index contributed by atoms with van der Waals surface area (Å²) >= 11 is 0. The quantitative estimate of drug-likeness (QED) is 0.508. The van der Waals surface area contributed by atoms with Crippen molar-refractivity contribution in [3.05, 3.63) is 65.7 Å². The molecule has 1 atom stereocenters. The molecule has 3 heteroatoms. The molecule has 0 radical (unpaired) electrons. The highest BCUT2D eigenvalue weighted by molar-refractivity contribution is 5.39. The Morgan fingerprint density at radius 2 is 1.45 bits per heavy atom. The summed E-state index contributed by atoms with van der Waals surface area (Å²) in [6.45, 7) is 8.87. The highest BCUT2D eigenvalue weighted by atomic mass is 16.5. The van der Waals surface area contributed by atoms with Gasteiger partial charge in [-0.25, -0.2) is 0 Å². The number of hydrogen-bond donors (Lipinski definition) is 1. The lowest BCUT2D eigenvalue weighted by Crippen LogP contribution is -2.61. The van der Waals surface area contributed by atoms with E-state index in [1.54, 1.807) is 0 Å². The van der Waals surface area contributed by atoms with E-state index in [9.17, 15) is 5.11 Å². The fourth-order valence-corrected chi connectivity index (χ4v) is 7.60. The van der Waals surface area contributed by atoms with Crippen molar-refractivity contribution in [3.8, 4) is 5.75 Å². The molecule has 4 saturated carbocycles. The first-order valence-corrected chi connectivity index (χ1v) is 13.1. The molecule has 4 aliphatic carbocycles. The zero-order valence-electron chi connectivity index (χ0n) is 20.7. The average molecular weight is 448 g/mol. The summed E-state index contributed by atoms with van der Waals surface area (Å²) in [7, 11) is 0. The van der Waals surface area contributed by atoms with Crippen molar-refractivity contribution in [2.45, 2.75) is 76.4 Å². The van der Waals surface area contributed by atoms with Gasteiger partial charge in [-0.15, -0.1) is 0 Å². The van der Waals surface area contributed by atoms with E-state index >= 15 is 0 Å². The van der Waals surface area contributed by atoms with E-state index in [0.717, 1.165) is 36.6 Å². The molecule has 0 saturated heterocycles. The number of hydrogen-bond acceptors (Lipinski definition) is 3. The summed E-state index contributed by atoms with van der Waals surface area (Å²) in [5, 5.41) is 10.9. The molecule has 3 nitrogen and oxygen atoms in total. The Hall–Kier alpha value is -1.84. The zero-order valence-corrected chi connectivity index (χ0v) is 20.7. The van der Waals surface area contributed by atoms with Gasteiger partial charge in [-0.2, -0.15) is 0 Å². The summed E-state index contributed by atoms with van der Waals surface area (Å²) in [5.41, 5.74) is 2.85. The Morgan fingerprint density at radius 3 is 2.00 bits per heavy atom. The Balaban J connectivity index is 1.18. The fraction of sp³-hybridized carbons (Fsp3) is 0.600. The monoisotopic (exact) mass is 447 g/mol. The summed E-state index contributed by atoms with van der Waals surface area (Å²) in [6.07, 6.45) is 7.95. The molecular formula is C30H41NO2. The summed E-state index contributed by atoms with van der Waals surface area (Å²) in [5.74, 6) is 3.62. The van der Waals surface area contributed by atoms with Crippen LogP contribution in [0, 0.1) is 17.8 Å². The SMILES string of the molecule is CCN(C[C@H](O)COc1ccc(C(C)(C)c2ccccc2)cc1)C12CC3CC(CC(C3)C1)C2. The van der Waals surface area contributed by atoms with Gasteiger partial charge in [0.05, 0.1) is 0 Å². The second kappa shape index (κ2) is 9.07. The van der Waals surface area contributed by atoms with E-state index in [4.69, 9.17) is 4.74 Å². The molecule has 0 aromatic heterocycles. The molecule has 0 aliphatic heterocycles. The first kappa shape index (κ1) is 22.9. The van der Waals surface area contributed by atoms with Crippen LogP contribution in [0.25, 0.3) is 0 Å². The van der Waals surface area contributed by atoms with Gasteiger partial charge in [0, 0.05) is 17.5 Å². The lowest BCUT2D eigenvalue weighted by molar-refractivity contribution is -0.0995. The van der Waals surface area contributed by atoms with E-state index in [0.29, 0.717) is 12.1 Å². The van der Waals surface area contributed by atoms with E-state index in [2.05, 4.69) is 68.1 Å². The van der Waals surface area contributed by atoms with E-state index in [-0.39, 0.29) is 5.41 Å². The molecule has 6 rings (SSSR count). The van der Waals surface area contributed by atoms with Crippen LogP contribution in [0.2, 0.25) is 0 Å². The molecule has 4 aliphatic rings. The minimum atomic E-state index is -0.460. The van der Waals surface area contributed by atoms with E-state index in [1.165, 1.54) is 49.7 Å². The Labute approximate surface area is 200 Å². The van der Waals surface area contributed by atoms with Gasteiger partial charge >= 0.3 is 0 Å². The first-order chi connectivity index (χ1) is 15.9. The summed E-state index contributed by atoms with van der Waals surface area (Å²) < 4.78 is 6.03. The van der Waals surface area contributed by atoms with Gasteiger partial charge in [0.25, 0.3) is 0 Å². The molecule has 0 amide bonds. The van der Waals surface area contributed by atoms with E-state index < -0.39 is 6.10 Å². The second-order valence-corrected chi connectivity index (χ2v) is 11.7. The Morgan fingerprint density at radius 1 is 0.909 bits per heavy atom. The third-order valence-corrected chi connectivity index (χ3v) is 9.00. The highest BCUT2D eigenvalue weighted by Gasteiger charge is 2.53. The Kier molecular flexibility index (Phi) is 6.30. The minimum Gasteiger partial charge on any atom is -0.491 e. The number of rotatable bonds is 9. The molecule has 4 fully saturated rings. The van der Waals surface area contributed by atoms with Crippen molar-refractivity contribution in [2.75, 3.05) is 19.7 Å². The van der Waals surface area contributed by atoms with Crippen molar-refractivity contribution in [3.63, 3.8) is 0 Å². The molecule has 4 bridgehead atoms. The lowest BCUT2D eigenvalue weighted by atomic mass is 9.52. The molecule has 0 unspecified atom stereocenters. The van der Waals surface area contributed by atoms with Crippen molar-refractivity contribution < 1.29 is 9.84 Å². The minimum absolute atomic E-state index is 0.0568. The molecule has 0 heterocycles. The third kappa shape index (κ3) is 4.59. The van der Waals surface area contributed by atoms with Crippen molar-refractivity contribution in [1.29, 1.82) is 0 Å². The molecule has 178 valence electrons. The largest absolute Gasteiger partial charge is 0.491 e. The standard InChI is InChI=1S/C30H41NO2/c1-4-31(30-17-22-14-23(18-30)16-24(15-22)19-30)20-27(32)21-33-28-12-10-26(11-13-28)29(2,3)25-8-6-5-7-9-25/h5-13,22-24,27,32H,4,14-21H2,1-3H3/t22?,23?,24?,27-,30?/m0/s1. The third-order valence-electron chi connectivity index (χ3n) is 9.00. The lowest BCUT2D eigenvalue weighted by Gasteiger charge is -2.60. The molecular weight excluding hydrogens is 406 g/mol. The van der Waals surface area contributed by atoms with Crippen molar-refractivity contribution >= 4 is 0 Å². The van der Waals surface area contributed by atoms with Crippen LogP contribution in [-0.2, 0) is 5.41 Å². The van der Waals surface area contributed by atoms with Gasteiger partial charge in [0.2, 0.25) is 0 Å². The van der Waals surface area contributed by atoms with Crippen LogP contribution in [-0.4, -0.2) is 41.3 Å². The van der Waals surface area contributed by atoms with Gasteiger partial charge in [-0.3, -0.25) is 4.90 Å². The zero-order chi connectivity index (χ0) is 23.1. The second-order valence-electron chi connectivity index (χ2n) is 11.7. The normalized spacial score (nSPS) is 29.4. The van der Waals surface area contributed by atoms with Crippen molar-refractivity contribution in [1.82, 2.24) is 4.90 Å². The van der Waals surface area contributed by atoms with Crippen molar-refractivity contribution in [2.24, 2.45) is 17.8 Å². The maximum absolute atomic E-state index is 10.9. The predicted octanol–water partition coefficient (Wildman–Crippen LogP) is 6.04. The van der Waals surface area contributed by atoms with Crippen LogP contribution in [0.1, 0.15) is 70.4 Å². The highest BCUT2D eigenvalue weighted by Crippen LogP contribution is 2.57. The average Bonchev–Trinajstić information content (AvgIpc) is 2.81. The van der Waals surface area contributed by atoms with Crippen LogP contribution in [0.5, 0.6) is 5.75 Å². The number of aliphatic hydroxyl groups is 1. The maximum atomic E-state index is 10.9. The van der Waals surface area contributed by atoms with Crippen LogP contribution in [0.3, 0.4) is 0 Å². The number of benzene rings is 2. The van der Waals surface area contributed by atoms with Gasteiger partial charge in [0.15, 0.2) is 0 Å². The fourth-order valence-electron chi connectivity index (χ4n) is 7.60. The molecule has 33 heavy (non-hydrogen) atoms. The van der Waals surface area contributed by atoms with Gasteiger partial charge in [-0.05, 0) is 86.1 Å². The van der Waals surface area contributed by atoms with Gasteiger partial charge in [0.1, 0.15) is 18.5 Å². The topological polar surface area (TPSA) is 32.7 Å². The van der Waals surface area contributed by atoms with E-state index in [1.807, 2.05) is 12.1 Å². The Bertz CT molecular complexity index is 885. The number of ether oxygens (including phenoxy) is 1. The van der Waals surface area contributed by atoms with Crippen LogP contribution < -0.4 is 4.74 Å². The number of β-amino-alcohol motifs (C(OH)–C–C–N with tert-alkyl or cyclic N) is 1. The number of aliphatic hydroxyl groups excluding tert-OH is 1. The summed E-state index contributed by atoms with van der Waals surface area (Å²) in [4.78, 5) is 2.61.